The van der Waals surface area contributed by atoms with Crippen LogP contribution >= 0.6 is 0 Å². The molecule has 0 bridgehead atoms. The van der Waals surface area contributed by atoms with E-state index in [1.54, 1.807) is 0 Å². The molecule has 8 rings (SSSR count). The van der Waals surface area contributed by atoms with E-state index < -0.39 is 0 Å². The Morgan fingerprint density at radius 2 is 0.786 bits per heavy atom. The minimum absolute atomic E-state index is 0. The second kappa shape index (κ2) is 20.7. The van der Waals surface area contributed by atoms with Gasteiger partial charge in [-0.3, -0.25) is 0 Å². The first-order valence-corrected chi connectivity index (χ1v) is 17.9. The Hall–Kier alpha value is -4.32. The predicted octanol–water partition coefficient (Wildman–Crippen LogP) is 5.23. The van der Waals surface area contributed by atoms with Crippen molar-refractivity contribution in [3.05, 3.63) is 132 Å². The number of ether oxygens (including phenoxy) is 2. The first-order valence-electron chi connectivity index (χ1n) is 17.9. The van der Waals surface area contributed by atoms with Crippen LogP contribution in [0.15, 0.2) is 109 Å². The summed E-state index contributed by atoms with van der Waals surface area (Å²) >= 11 is 0. The van der Waals surface area contributed by atoms with E-state index in [2.05, 4.69) is 64.0 Å². The first-order chi connectivity index (χ1) is 26.7. The number of rotatable bonds is 12. The molecular weight excluding hydrogens is 727 g/mol. The van der Waals surface area contributed by atoms with Crippen molar-refractivity contribution in [3.8, 4) is 0 Å². The standard InChI is InChI=1S/C40H40N12O2.2Na.2H/c1-3-7-29(8-4-1)43-37-47-35(33-25-41-21-23-53-33)49-39(51-37)45-31-17-13-27(14-18-31)11-12-28-15-19-32(20-16-28)46-40-50-36(34-26-42-22-24-54-34)48-38(52-40)44-30-9-5-2-6-10-30;;;;/h1-20,33-34,41-42H,21-26H2,(H2,43,45,47,49,51)(H2,44,46,48,50,52);;;;. The molecule has 2 aromatic heterocycles. The molecule has 2 unspecified atom stereocenters. The molecule has 56 heavy (non-hydrogen) atoms. The fourth-order valence-electron chi connectivity index (χ4n) is 5.87. The Balaban J connectivity index is 0.00000266. The molecule has 276 valence electrons. The summed E-state index contributed by atoms with van der Waals surface area (Å²) in [5.74, 6) is 2.87. The molecule has 6 aromatic rings. The molecule has 2 aliphatic heterocycles. The van der Waals surface area contributed by atoms with E-state index in [9.17, 15) is 0 Å². The van der Waals surface area contributed by atoms with Crippen molar-refractivity contribution < 1.29 is 9.47 Å². The number of aromatic nitrogens is 6. The second-order valence-corrected chi connectivity index (χ2v) is 12.6. The van der Waals surface area contributed by atoms with Crippen LogP contribution in [0.3, 0.4) is 0 Å². The molecule has 2 fully saturated rings. The van der Waals surface area contributed by atoms with Gasteiger partial charge in [0.05, 0.1) is 13.2 Å². The van der Waals surface area contributed by atoms with E-state index in [1.807, 2.05) is 109 Å². The van der Waals surface area contributed by atoms with Gasteiger partial charge in [0, 0.05) is 48.9 Å². The van der Waals surface area contributed by atoms with Crippen LogP contribution in [0.4, 0.5) is 46.5 Å². The Bertz CT molecular complexity index is 2000. The molecule has 2 saturated heterocycles. The van der Waals surface area contributed by atoms with Crippen LogP contribution in [0, 0.1) is 0 Å². The Morgan fingerprint density at radius 1 is 0.446 bits per heavy atom. The van der Waals surface area contributed by atoms with Crippen molar-refractivity contribution in [1.29, 1.82) is 0 Å². The van der Waals surface area contributed by atoms with E-state index in [4.69, 9.17) is 19.4 Å². The molecule has 2 aliphatic rings. The molecule has 0 radical (unpaired) electrons. The van der Waals surface area contributed by atoms with E-state index in [1.165, 1.54) is 0 Å². The van der Waals surface area contributed by atoms with Crippen molar-refractivity contribution in [2.24, 2.45) is 0 Å². The van der Waals surface area contributed by atoms with Crippen molar-refractivity contribution in [2.45, 2.75) is 12.2 Å². The van der Waals surface area contributed by atoms with Crippen LogP contribution in [0.1, 0.15) is 35.0 Å². The number of nitrogens with one attached hydrogen (secondary N) is 6. The third kappa shape index (κ3) is 11.6. The van der Waals surface area contributed by atoms with E-state index in [0.717, 1.165) is 47.0 Å². The first kappa shape index (κ1) is 41.3. The van der Waals surface area contributed by atoms with Gasteiger partial charge in [0.25, 0.3) is 0 Å². The maximum absolute atomic E-state index is 5.94. The second-order valence-electron chi connectivity index (χ2n) is 12.6. The predicted molar refractivity (Wildman–Crippen MR) is 225 cm³/mol. The zero-order valence-corrected chi connectivity index (χ0v) is 29.4. The van der Waals surface area contributed by atoms with E-state index in [-0.39, 0.29) is 71.3 Å². The average molecular weight is 769 g/mol. The van der Waals surface area contributed by atoms with Gasteiger partial charge < -0.3 is 41.4 Å². The molecule has 14 nitrogen and oxygen atoms in total. The van der Waals surface area contributed by atoms with E-state index >= 15 is 0 Å². The van der Waals surface area contributed by atoms with Gasteiger partial charge in [-0.15, -0.1) is 0 Å². The molecule has 4 heterocycles. The Morgan fingerprint density at radius 3 is 1.11 bits per heavy atom. The van der Waals surface area contributed by atoms with Crippen molar-refractivity contribution in [2.75, 3.05) is 60.7 Å². The average Bonchev–Trinajstić information content (AvgIpc) is 3.22. The van der Waals surface area contributed by atoms with Crippen LogP contribution in [0.5, 0.6) is 0 Å². The number of hydrogen-bond donors (Lipinski definition) is 6. The summed E-state index contributed by atoms with van der Waals surface area (Å²) in [6, 6.07) is 35.8. The fraction of sp³-hybridized carbons (Fsp3) is 0.200. The van der Waals surface area contributed by atoms with Gasteiger partial charge in [-0.2, -0.15) is 29.9 Å². The third-order valence-electron chi connectivity index (χ3n) is 8.60. The van der Waals surface area contributed by atoms with Crippen LogP contribution < -0.4 is 31.9 Å². The van der Waals surface area contributed by atoms with Gasteiger partial charge in [0.2, 0.25) is 23.8 Å². The summed E-state index contributed by atoms with van der Waals surface area (Å²) in [5.41, 5.74) is 5.56. The van der Waals surface area contributed by atoms with Gasteiger partial charge in [-0.05, 0) is 59.7 Å². The summed E-state index contributed by atoms with van der Waals surface area (Å²) in [6.45, 7) is 4.07. The van der Waals surface area contributed by atoms with Gasteiger partial charge in [0.15, 0.2) is 11.6 Å². The SMILES string of the molecule is C(=Cc1ccc(Nc2nc(Nc3ccccc3)nc(C3CNCCO3)n2)cc1)c1ccc(Nc2nc(Nc3ccccc3)nc(C3CNCCO3)n2)cc1.[NaH].[NaH]. The zero-order chi connectivity index (χ0) is 36.4. The van der Waals surface area contributed by atoms with Crippen LogP contribution in [-0.4, -0.2) is 128 Å². The number of hydrogen-bond acceptors (Lipinski definition) is 14. The van der Waals surface area contributed by atoms with E-state index in [0.29, 0.717) is 61.7 Å². The van der Waals surface area contributed by atoms with Crippen molar-refractivity contribution in [3.63, 3.8) is 0 Å². The topological polar surface area (TPSA) is 168 Å². The van der Waals surface area contributed by atoms with Gasteiger partial charge in [-0.25, -0.2) is 0 Å². The molecule has 0 saturated carbocycles. The summed E-state index contributed by atoms with van der Waals surface area (Å²) in [7, 11) is 0. The number of para-hydroxylation sites is 2. The van der Waals surface area contributed by atoms with Crippen LogP contribution in [0.25, 0.3) is 12.2 Å². The van der Waals surface area contributed by atoms with Crippen LogP contribution in [0.2, 0.25) is 0 Å². The summed E-state index contributed by atoms with van der Waals surface area (Å²) in [5, 5.41) is 19.9. The normalized spacial score (nSPS) is 16.6. The number of benzene rings is 4. The number of nitrogens with zero attached hydrogens (tertiary/aromatic N) is 6. The summed E-state index contributed by atoms with van der Waals surface area (Å²) in [6.07, 6.45) is 3.62. The molecule has 6 N–H and O–H groups in total. The Kier molecular flexibility index (Phi) is 15.3. The van der Waals surface area contributed by atoms with Gasteiger partial charge >= 0.3 is 59.1 Å². The monoisotopic (exact) mass is 768 g/mol. The molecule has 0 spiro atoms. The zero-order valence-electron chi connectivity index (χ0n) is 29.4. The van der Waals surface area contributed by atoms with Gasteiger partial charge in [-0.1, -0.05) is 72.8 Å². The maximum atomic E-state index is 5.94. The Labute approximate surface area is 369 Å². The molecular formula is C40H42N12Na2O2. The number of anilines is 8. The number of morpholine rings is 2. The van der Waals surface area contributed by atoms with Gasteiger partial charge in [0.1, 0.15) is 12.2 Å². The molecule has 2 atom stereocenters. The molecule has 0 amide bonds. The third-order valence-corrected chi connectivity index (χ3v) is 8.60. The summed E-state index contributed by atoms with van der Waals surface area (Å²) in [4.78, 5) is 28.0. The summed E-state index contributed by atoms with van der Waals surface area (Å²) < 4.78 is 11.9. The van der Waals surface area contributed by atoms with Crippen LogP contribution in [-0.2, 0) is 9.47 Å². The fourth-order valence-corrected chi connectivity index (χ4v) is 5.87. The quantitative estimate of drug-likeness (QED) is 0.0708. The van der Waals surface area contributed by atoms with Crippen molar-refractivity contribution in [1.82, 2.24) is 40.5 Å². The molecule has 4 aromatic carbocycles. The molecule has 16 heteroatoms. The van der Waals surface area contributed by atoms with Crippen molar-refractivity contribution >= 4 is 118 Å². The molecule has 0 aliphatic carbocycles. The minimum atomic E-state index is -0.262.